The molecular weight excluding hydrogens is 404 g/mol. The van der Waals surface area contributed by atoms with Gasteiger partial charge in [0.15, 0.2) is 0 Å². The summed E-state index contributed by atoms with van der Waals surface area (Å²) >= 11 is 0. The van der Waals surface area contributed by atoms with E-state index in [9.17, 15) is 18.4 Å². The number of aromatic nitrogens is 2. The average Bonchev–Trinajstić information content (AvgIpc) is 3.23. The fraction of sp³-hybridized carbons (Fsp3) is 0.409. The van der Waals surface area contributed by atoms with Crippen molar-refractivity contribution in [2.75, 3.05) is 12.3 Å². The van der Waals surface area contributed by atoms with Crippen molar-refractivity contribution in [1.82, 2.24) is 14.7 Å². The third-order valence-electron chi connectivity index (χ3n) is 6.22. The van der Waals surface area contributed by atoms with Crippen LogP contribution in [0.3, 0.4) is 0 Å². The predicted molar refractivity (Wildman–Crippen MR) is 112 cm³/mol. The Morgan fingerprint density at radius 3 is 2.68 bits per heavy atom. The summed E-state index contributed by atoms with van der Waals surface area (Å²) in [5.41, 5.74) is 14.9. The summed E-state index contributed by atoms with van der Waals surface area (Å²) in [5, 5.41) is 4.54. The molecule has 1 aromatic carbocycles. The summed E-state index contributed by atoms with van der Waals surface area (Å²) < 4.78 is 29.4. The van der Waals surface area contributed by atoms with Crippen molar-refractivity contribution >= 4 is 17.6 Å². The average molecular weight is 429 g/mol. The monoisotopic (exact) mass is 429 g/mol. The number of anilines is 1. The Kier molecular flexibility index (Phi) is 5.28. The number of halogens is 2. The molecule has 2 aliphatic rings. The number of fused-ring (bicyclic) bond motifs is 1. The first kappa shape index (κ1) is 21.0. The second-order valence-corrected chi connectivity index (χ2v) is 8.28. The molecule has 31 heavy (non-hydrogen) atoms. The molecule has 1 aliphatic heterocycles. The fourth-order valence-corrected chi connectivity index (χ4v) is 4.74. The highest BCUT2D eigenvalue weighted by Crippen LogP contribution is 2.37. The zero-order valence-electron chi connectivity index (χ0n) is 17.1. The molecule has 0 radical (unpaired) electrons. The Bertz CT molecular complexity index is 1050. The molecular formula is C22H25F2N5O2. The van der Waals surface area contributed by atoms with Gasteiger partial charge >= 0.3 is 0 Å². The number of hydrogen-bond donors (Lipinski definition) is 2. The first-order valence-corrected chi connectivity index (χ1v) is 10.2. The van der Waals surface area contributed by atoms with Gasteiger partial charge in [-0.1, -0.05) is 30.8 Å². The number of carbonyl (C=O) groups is 2. The summed E-state index contributed by atoms with van der Waals surface area (Å²) in [6.07, 6.45) is 2.80. The summed E-state index contributed by atoms with van der Waals surface area (Å²) in [5.74, 6) is -4.30. The maximum absolute atomic E-state index is 14.0. The molecule has 1 unspecified atom stereocenters. The smallest absolute Gasteiger partial charge is 0.267 e. The van der Waals surface area contributed by atoms with Gasteiger partial charge in [0.1, 0.15) is 11.4 Å². The highest BCUT2D eigenvalue weighted by atomic mass is 19.3. The zero-order valence-corrected chi connectivity index (χ0v) is 17.1. The van der Waals surface area contributed by atoms with Crippen LogP contribution in [0.25, 0.3) is 0 Å². The van der Waals surface area contributed by atoms with Crippen LogP contribution in [0.2, 0.25) is 0 Å². The SMILES string of the molecule is C=CC(=O)N1CC(F)(F)C[C@H]1Cn1nc(C2CCc3ccccc3C2)c(C(N)=O)c1N. The van der Waals surface area contributed by atoms with E-state index < -0.39 is 36.7 Å². The second kappa shape index (κ2) is 7.79. The molecule has 7 nitrogen and oxygen atoms in total. The van der Waals surface area contributed by atoms with Crippen molar-refractivity contribution in [1.29, 1.82) is 0 Å². The lowest BCUT2D eigenvalue weighted by Crippen LogP contribution is -2.38. The van der Waals surface area contributed by atoms with E-state index in [1.165, 1.54) is 15.8 Å². The summed E-state index contributed by atoms with van der Waals surface area (Å²) in [6.45, 7) is 2.66. The number of nitrogens with two attached hydrogens (primary N) is 2. The van der Waals surface area contributed by atoms with Gasteiger partial charge in [-0.15, -0.1) is 0 Å². The number of primary amides is 1. The lowest BCUT2D eigenvalue weighted by molar-refractivity contribution is -0.128. The van der Waals surface area contributed by atoms with Crippen LogP contribution in [0, 0.1) is 0 Å². The standard InChI is InChI=1S/C22H25F2N5O2/c1-2-17(30)28-12-22(23,24)10-16(28)11-29-20(25)18(21(26)31)19(27-29)15-8-7-13-5-3-4-6-14(13)9-15/h2-6,15-16H,1,7-12,25H2,(H2,26,31)/t15?,16-/m0/s1. The first-order valence-electron chi connectivity index (χ1n) is 10.2. The summed E-state index contributed by atoms with van der Waals surface area (Å²) in [7, 11) is 0. The molecule has 0 spiro atoms. The Morgan fingerprint density at radius 2 is 2.00 bits per heavy atom. The molecule has 0 saturated carbocycles. The minimum Gasteiger partial charge on any atom is -0.383 e. The van der Waals surface area contributed by atoms with E-state index in [4.69, 9.17) is 11.5 Å². The number of aryl methyl sites for hydroxylation is 1. The molecule has 0 bridgehead atoms. The van der Waals surface area contributed by atoms with Crippen LogP contribution in [0.4, 0.5) is 14.6 Å². The summed E-state index contributed by atoms with van der Waals surface area (Å²) in [4.78, 5) is 25.3. The number of alkyl halides is 2. The third-order valence-corrected chi connectivity index (χ3v) is 6.22. The van der Waals surface area contributed by atoms with E-state index in [1.807, 2.05) is 18.2 Å². The van der Waals surface area contributed by atoms with Gasteiger partial charge in [-0.3, -0.25) is 9.59 Å². The Morgan fingerprint density at radius 1 is 1.29 bits per heavy atom. The van der Waals surface area contributed by atoms with Crippen LogP contribution in [-0.4, -0.2) is 45.0 Å². The minimum absolute atomic E-state index is 0.0441. The molecule has 2 heterocycles. The number of amides is 2. The number of benzene rings is 1. The van der Waals surface area contributed by atoms with Crippen molar-refractivity contribution in [3.8, 4) is 0 Å². The number of nitrogens with zero attached hydrogens (tertiary/aromatic N) is 3. The number of hydrogen-bond acceptors (Lipinski definition) is 4. The number of likely N-dealkylation sites (tertiary alicyclic amines) is 1. The number of nitrogen functional groups attached to an aromatic ring is 1. The van der Waals surface area contributed by atoms with Gasteiger partial charge < -0.3 is 16.4 Å². The van der Waals surface area contributed by atoms with Crippen molar-refractivity contribution in [2.45, 2.75) is 50.1 Å². The fourth-order valence-electron chi connectivity index (χ4n) is 4.74. The first-order chi connectivity index (χ1) is 14.7. The molecule has 1 aliphatic carbocycles. The molecule has 9 heteroatoms. The van der Waals surface area contributed by atoms with E-state index in [1.54, 1.807) is 0 Å². The highest BCUT2D eigenvalue weighted by molar-refractivity contribution is 5.98. The van der Waals surface area contributed by atoms with Crippen molar-refractivity contribution in [3.63, 3.8) is 0 Å². The molecule has 2 amide bonds. The summed E-state index contributed by atoms with van der Waals surface area (Å²) in [6, 6.07) is 7.27. The van der Waals surface area contributed by atoms with Crippen LogP contribution in [0.15, 0.2) is 36.9 Å². The molecule has 1 saturated heterocycles. The quantitative estimate of drug-likeness (QED) is 0.711. The minimum atomic E-state index is -3.01. The van der Waals surface area contributed by atoms with Crippen LogP contribution in [-0.2, 0) is 24.2 Å². The van der Waals surface area contributed by atoms with Gasteiger partial charge in [0, 0.05) is 12.3 Å². The highest BCUT2D eigenvalue weighted by Gasteiger charge is 2.47. The number of carbonyl (C=O) groups excluding carboxylic acids is 2. The van der Waals surface area contributed by atoms with Crippen molar-refractivity contribution < 1.29 is 18.4 Å². The van der Waals surface area contributed by atoms with Crippen molar-refractivity contribution in [2.24, 2.45) is 5.73 Å². The molecule has 2 atom stereocenters. The molecule has 4 N–H and O–H groups in total. The van der Waals surface area contributed by atoms with Crippen LogP contribution >= 0.6 is 0 Å². The largest absolute Gasteiger partial charge is 0.383 e. The molecule has 1 fully saturated rings. The molecule has 2 aromatic rings. The maximum Gasteiger partial charge on any atom is 0.267 e. The Balaban J connectivity index is 1.65. The normalized spacial score (nSPS) is 22.2. The third kappa shape index (κ3) is 3.92. The molecule has 164 valence electrons. The Labute approximate surface area is 178 Å². The van der Waals surface area contributed by atoms with Crippen LogP contribution in [0.1, 0.15) is 45.9 Å². The zero-order chi connectivity index (χ0) is 22.3. The van der Waals surface area contributed by atoms with Gasteiger partial charge in [0.2, 0.25) is 5.91 Å². The van der Waals surface area contributed by atoms with Crippen molar-refractivity contribution in [3.05, 3.63) is 59.3 Å². The lowest BCUT2D eigenvalue weighted by Gasteiger charge is -2.24. The van der Waals surface area contributed by atoms with Gasteiger partial charge in [-0.05, 0) is 36.5 Å². The Hall–Kier alpha value is -3.23. The van der Waals surface area contributed by atoms with Crippen LogP contribution < -0.4 is 11.5 Å². The van der Waals surface area contributed by atoms with E-state index >= 15 is 0 Å². The van der Waals surface area contributed by atoms with Gasteiger partial charge in [-0.2, -0.15) is 5.10 Å². The van der Waals surface area contributed by atoms with Gasteiger partial charge in [0.05, 0.1) is 24.8 Å². The van der Waals surface area contributed by atoms with Gasteiger partial charge in [-0.25, -0.2) is 13.5 Å². The predicted octanol–water partition coefficient (Wildman–Crippen LogP) is 2.26. The van der Waals surface area contributed by atoms with E-state index in [0.717, 1.165) is 23.8 Å². The molecule has 4 rings (SSSR count). The van der Waals surface area contributed by atoms with E-state index in [0.29, 0.717) is 12.1 Å². The molecule has 1 aromatic heterocycles. The van der Waals surface area contributed by atoms with Crippen LogP contribution in [0.5, 0.6) is 0 Å². The number of rotatable bonds is 5. The van der Waals surface area contributed by atoms with E-state index in [2.05, 4.69) is 17.7 Å². The van der Waals surface area contributed by atoms with Gasteiger partial charge in [0.25, 0.3) is 11.8 Å². The maximum atomic E-state index is 14.0. The second-order valence-electron chi connectivity index (χ2n) is 8.28. The topological polar surface area (TPSA) is 107 Å². The van der Waals surface area contributed by atoms with E-state index in [-0.39, 0.29) is 23.8 Å². The lowest BCUT2D eigenvalue weighted by atomic mass is 9.81.